The molecular weight excluding hydrogens is 423 g/mol. The van der Waals surface area contributed by atoms with Gasteiger partial charge in [-0.25, -0.2) is 14.4 Å². The minimum Gasteiger partial charge on any atom is -0.396 e. The van der Waals surface area contributed by atoms with Crippen molar-refractivity contribution in [1.82, 2.24) is 19.5 Å². The first-order valence-electron chi connectivity index (χ1n) is 11.9. The Kier molecular flexibility index (Phi) is 6.41. The van der Waals surface area contributed by atoms with E-state index in [0.29, 0.717) is 29.0 Å². The Labute approximate surface area is 192 Å². The van der Waals surface area contributed by atoms with Crippen molar-refractivity contribution in [2.45, 2.75) is 69.6 Å². The highest BCUT2D eigenvalue weighted by molar-refractivity contribution is 5.76. The maximum absolute atomic E-state index is 14.4. The molecule has 176 valence electrons. The van der Waals surface area contributed by atoms with Crippen LogP contribution in [-0.2, 0) is 0 Å². The largest absolute Gasteiger partial charge is 0.396 e. The van der Waals surface area contributed by atoms with E-state index in [1.165, 1.54) is 6.07 Å². The number of aliphatic hydroxyl groups excluding tert-OH is 2. The number of nitrogens with zero attached hydrogens (tertiary/aromatic N) is 4. The number of rotatable bonds is 6. The van der Waals surface area contributed by atoms with Gasteiger partial charge >= 0.3 is 0 Å². The third kappa shape index (κ3) is 4.79. The van der Waals surface area contributed by atoms with E-state index in [4.69, 9.17) is 9.97 Å². The molecule has 8 nitrogen and oxygen atoms in total. The van der Waals surface area contributed by atoms with Gasteiger partial charge in [-0.05, 0) is 69.4 Å². The summed E-state index contributed by atoms with van der Waals surface area (Å²) in [5.74, 6) is 1.09. The number of hydrogen-bond acceptors (Lipinski definition) is 7. The predicted molar refractivity (Wildman–Crippen MR) is 125 cm³/mol. The zero-order valence-electron chi connectivity index (χ0n) is 18.6. The first-order chi connectivity index (χ1) is 16.1. The Balaban J connectivity index is 1.48. The molecule has 2 saturated carbocycles. The van der Waals surface area contributed by atoms with Crippen LogP contribution in [0.2, 0.25) is 0 Å². The van der Waals surface area contributed by atoms with Crippen LogP contribution in [0.1, 0.15) is 57.4 Å². The van der Waals surface area contributed by atoms with Gasteiger partial charge < -0.3 is 20.8 Å². The highest BCUT2D eigenvalue weighted by Crippen LogP contribution is 2.37. The summed E-state index contributed by atoms with van der Waals surface area (Å²) >= 11 is 0. The number of benzene rings is 1. The van der Waals surface area contributed by atoms with Gasteiger partial charge in [0.05, 0.1) is 18.0 Å². The summed E-state index contributed by atoms with van der Waals surface area (Å²) in [5.41, 5.74) is 1.74. The van der Waals surface area contributed by atoms with E-state index in [9.17, 15) is 14.6 Å². The molecule has 1 aromatic carbocycles. The van der Waals surface area contributed by atoms with E-state index in [-0.39, 0.29) is 30.6 Å². The molecule has 4 N–H and O–H groups in total. The molecule has 2 aromatic heterocycles. The summed E-state index contributed by atoms with van der Waals surface area (Å²) < 4.78 is 16.4. The quantitative estimate of drug-likeness (QED) is 0.443. The Morgan fingerprint density at radius 2 is 1.76 bits per heavy atom. The Morgan fingerprint density at radius 1 is 1.00 bits per heavy atom. The average Bonchev–Trinajstić information content (AvgIpc) is 3.19. The smallest absolute Gasteiger partial charge is 0.224 e. The van der Waals surface area contributed by atoms with E-state index in [1.807, 2.05) is 0 Å². The number of halogens is 1. The topological polar surface area (TPSA) is 108 Å². The summed E-state index contributed by atoms with van der Waals surface area (Å²) in [6.45, 7) is 0.212. The molecule has 2 fully saturated rings. The van der Waals surface area contributed by atoms with Crippen LogP contribution in [0.4, 0.5) is 22.0 Å². The summed E-state index contributed by atoms with van der Waals surface area (Å²) in [6.07, 6.45) is 8.48. The van der Waals surface area contributed by atoms with Crippen LogP contribution in [-0.4, -0.2) is 48.5 Å². The van der Waals surface area contributed by atoms with Crippen molar-refractivity contribution < 1.29 is 14.6 Å². The van der Waals surface area contributed by atoms with Crippen LogP contribution in [0.3, 0.4) is 0 Å². The van der Waals surface area contributed by atoms with Crippen LogP contribution < -0.4 is 10.6 Å². The molecule has 0 bridgehead atoms. The van der Waals surface area contributed by atoms with Gasteiger partial charge in [0.15, 0.2) is 5.65 Å². The first kappa shape index (κ1) is 22.0. The molecule has 5 rings (SSSR count). The lowest BCUT2D eigenvalue weighted by Gasteiger charge is -2.29. The van der Waals surface area contributed by atoms with Crippen molar-refractivity contribution in [3.8, 4) is 0 Å². The van der Waals surface area contributed by atoms with Crippen LogP contribution in [0.5, 0.6) is 0 Å². The van der Waals surface area contributed by atoms with Gasteiger partial charge in [0.25, 0.3) is 0 Å². The van der Waals surface area contributed by atoms with Gasteiger partial charge in [0.2, 0.25) is 11.9 Å². The van der Waals surface area contributed by atoms with E-state index in [1.54, 1.807) is 24.4 Å². The zero-order chi connectivity index (χ0) is 22.8. The van der Waals surface area contributed by atoms with Crippen molar-refractivity contribution in [1.29, 1.82) is 0 Å². The van der Waals surface area contributed by atoms with Crippen LogP contribution >= 0.6 is 0 Å². The van der Waals surface area contributed by atoms with Crippen LogP contribution in [0.25, 0.3) is 11.2 Å². The van der Waals surface area contributed by atoms with E-state index < -0.39 is 0 Å². The molecule has 2 aliphatic carbocycles. The number of anilines is 3. The molecule has 0 aliphatic heterocycles. The third-order valence-corrected chi connectivity index (χ3v) is 7.02. The van der Waals surface area contributed by atoms with E-state index in [0.717, 1.165) is 57.0 Å². The second-order valence-corrected chi connectivity index (χ2v) is 9.32. The molecule has 0 unspecified atom stereocenters. The first-order valence-corrected chi connectivity index (χ1v) is 11.9. The maximum atomic E-state index is 14.4. The molecule has 3 aromatic rings. The normalized spacial score (nSPS) is 25.8. The number of imidazole rings is 1. The van der Waals surface area contributed by atoms with Crippen molar-refractivity contribution >= 4 is 28.7 Å². The number of para-hydroxylation sites is 1. The van der Waals surface area contributed by atoms with Gasteiger partial charge in [-0.3, -0.25) is 4.57 Å². The molecule has 9 heteroatoms. The summed E-state index contributed by atoms with van der Waals surface area (Å²) in [5, 5.41) is 25.9. The van der Waals surface area contributed by atoms with Crippen molar-refractivity contribution in [3.63, 3.8) is 0 Å². The Bertz CT molecular complexity index is 1090. The molecule has 33 heavy (non-hydrogen) atoms. The summed E-state index contributed by atoms with van der Waals surface area (Å²) in [4.78, 5) is 14.0. The second kappa shape index (κ2) is 9.61. The third-order valence-electron chi connectivity index (χ3n) is 7.02. The maximum Gasteiger partial charge on any atom is 0.224 e. The number of aliphatic hydroxyl groups is 2. The fourth-order valence-corrected chi connectivity index (χ4v) is 5.07. The van der Waals surface area contributed by atoms with Gasteiger partial charge in [0, 0.05) is 18.7 Å². The minimum atomic E-state index is -0.340. The van der Waals surface area contributed by atoms with Crippen molar-refractivity contribution in [2.75, 3.05) is 17.2 Å². The van der Waals surface area contributed by atoms with E-state index >= 15 is 0 Å². The van der Waals surface area contributed by atoms with Gasteiger partial charge in [-0.2, -0.15) is 4.98 Å². The lowest BCUT2D eigenvalue weighted by atomic mass is 9.86. The fraction of sp³-hybridized carbons (Fsp3) is 0.542. The molecule has 0 saturated heterocycles. The van der Waals surface area contributed by atoms with Crippen LogP contribution in [0, 0.1) is 11.7 Å². The van der Waals surface area contributed by atoms with Gasteiger partial charge in [0.1, 0.15) is 11.3 Å². The Morgan fingerprint density at radius 3 is 2.48 bits per heavy atom. The van der Waals surface area contributed by atoms with Crippen molar-refractivity contribution in [3.05, 3.63) is 36.3 Å². The molecule has 2 heterocycles. The molecule has 0 amide bonds. The second-order valence-electron chi connectivity index (χ2n) is 9.32. The molecule has 2 aliphatic rings. The van der Waals surface area contributed by atoms with Gasteiger partial charge in [-0.15, -0.1) is 0 Å². The lowest BCUT2D eigenvalue weighted by molar-refractivity contribution is 0.126. The molecule has 0 spiro atoms. The molecule has 0 radical (unpaired) electrons. The number of hydrogen-bond donors (Lipinski definition) is 4. The number of nitrogens with one attached hydrogen (secondary N) is 2. The average molecular weight is 455 g/mol. The SMILES string of the molecule is OC[C@H]1CC[C@@H](n2c(Nc3ccccc3F)nc3cnc(N[C@H]4CC[C@H](O)CC4)nc32)CC1. The molecule has 0 atom stereocenters. The number of aromatic nitrogens is 4. The highest BCUT2D eigenvalue weighted by Gasteiger charge is 2.27. The van der Waals surface area contributed by atoms with E-state index in [2.05, 4.69) is 20.2 Å². The summed E-state index contributed by atoms with van der Waals surface area (Å²) in [7, 11) is 0. The highest BCUT2D eigenvalue weighted by atomic mass is 19.1. The van der Waals surface area contributed by atoms with Crippen LogP contribution in [0.15, 0.2) is 30.5 Å². The molecular formula is C24H31FN6O2. The van der Waals surface area contributed by atoms with Gasteiger partial charge in [-0.1, -0.05) is 12.1 Å². The Hall–Kier alpha value is -2.78. The standard InChI is InChI=1S/C24H31FN6O2/c25-19-3-1-2-4-20(19)28-24-29-21-13-26-23(27-16-7-11-18(33)12-8-16)30-22(21)31(24)17-9-5-15(14-32)6-10-17/h1-4,13,15-18,32-33H,5-12,14H2,(H,28,29)(H,26,27,30)/t15-,16-,17+,18-. The lowest BCUT2D eigenvalue weighted by Crippen LogP contribution is -2.29. The summed E-state index contributed by atoms with van der Waals surface area (Å²) in [6, 6.07) is 6.95. The minimum absolute atomic E-state index is 0.152. The number of fused-ring (bicyclic) bond motifs is 1. The zero-order valence-corrected chi connectivity index (χ0v) is 18.6. The monoisotopic (exact) mass is 454 g/mol. The predicted octanol–water partition coefficient (Wildman–Crippen LogP) is 4.15. The van der Waals surface area contributed by atoms with Crippen molar-refractivity contribution in [2.24, 2.45) is 5.92 Å². The fourth-order valence-electron chi connectivity index (χ4n) is 5.07.